The lowest BCUT2D eigenvalue weighted by atomic mass is 10.1. The number of esters is 1. The Hall–Kier alpha value is -1.40. The average Bonchev–Trinajstić information content (AvgIpc) is 2.43. The fourth-order valence-corrected chi connectivity index (χ4v) is 2.49. The van der Waals surface area contributed by atoms with Crippen molar-refractivity contribution < 1.29 is 17.9 Å². The van der Waals surface area contributed by atoms with Gasteiger partial charge in [-0.05, 0) is 36.5 Å². The zero-order valence-electron chi connectivity index (χ0n) is 12.5. The van der Waals surface area contributed by atoms with Gasteiger partial charge in [-0.2, -0.15) is 0 Å². The molecule has 1 rings (SSSR count). The molecule has 2 N–H and O–H groups in total. The van der Waals surface area contributed by atoms with E-state index in [4.69, 9.17) is 9.88 Å². The second-order valence-electron chi connectivity index (χ2n) is 5.27. The highest BCUT2D eigenvalue weighted by Crippen LogP contribution is 2.11. The number of aryl methyl sites for hydroxylation is 1. The summed E-state index contributed by atoms with van der Waals surface area (Å²) in [5.41, 5.74) is 0.876. The second-order valence-corrected chi connectivity index (χ2v) is 6.83. The number of hydrogen-bond donors (Lipinski definition) is 1. The first-order valence-corrected chi connectivity index (χ1v) is 8.65. The molecule has 0 fully saturated rings. The van der Waals surface area contributed by atoms with Gasteiger partial charge in [0.15, 0.2) is 0 Å². The Labute approximate surface area is 126 Å². The molecule has 1 unspecified atom stereocenters. The van der Waals surface area contributed by atoms with Gasteiger partial charge >= 0.3 is 5.97 Å². The summed E-state index contributed by atoms with van der Waals surface area (Å²) in [5.74, 6) is 0.154. The third kappa shape index (κ3) is 6.73. The largest absolute Gasteiger partial charge is 0.465 e. The number of nitrogens with two attached hydrogens (primary N) is 1. The molecule has 1 atom stereocenters. The molecule has 0 spiro atoms. The number of sulfonamides is 1. The van der Waals surface area contributed by atoms with Crippen LogP contribution in [-0.4, -0.2) is 21.0 Å². The number of primary sulfonamides is 1. The van der Waals surface area contributed by atoms with Crippen molar-refractivity contribution in [2.75, 3.05) is 6.61 Å². The van der Waals surface area contributed by atoms with Crippen molar-refractivity contribution >= 4 is 16.0 Å². The number of hydrogen-bond acceptors (Lipinski definition) is 4. The van der Waals surface area contributed by atoms with Crippen molar-refractivity contribution in [2.24, 2.45) is 11.1 Å². The zero-order valence-corrected chi connectivity index (χ0v) is 13.4. The number of benzene rings is 1. The number of carbonyl (C=O) groups is 1. The van der Waals surface area contributed by atoms with Gasteiger partial charge in [-0.1, -0.05) is 32.4 Å². The lowest BCUT2D eigenvalue weighted by Gasteiger charge is -2.10. The first-order chi connectivity index (χ1) is 9.82. The molecule has 0 saturated heterocycles. The monoisotopic (exact) mass is 313 g/mol. The Morgan fingerprint density at radius 1 is 1.29 bits per heavy atom. The van der Waals surface area contributed by atoms with E-state index in [-0.39, 0.29) is 17.3 Å². The van der Waals surface area contributed by atoms with E-state index in [2.05, 4.69) is 13.8 Å². The molecule has 5 nitrogen and oxygen atoms in total. The highest BCUT2D eigenvalue weighted by Gasteiger charge is 2.09. The molecule has 0 aromatic heterocycles. The molecule has 118 valence electrons. The minimum absolute atomic E-state index is 0.0715. The summed E-state index contributed by atoms with van der Waals surface area (Å²) in [6.07, 6.45) is 2.93. The molecule has 0 bridgehead atoms. The SMILES string of the molecule is CCCC(C)COC(=O)CCc1ccc(S(N)(=O)=O)cc1. The molecule has 1 aromatic carbocycles. The van der Waals surface area contributed by atoms with Gasteiger partial charge in [0.1, 0.15) is 0 Å². The maximum Gasteiger partial charge on any atom is 0.306 e. The third-order valence-electron chi connectivity index (χ3n) is 3.18. The quantitative estimate of drug-likeness (QED) is 0.746. The first kappa shape index (κ1) is 17.7. The molecular formula is C15H23NO4S. The van der Waals surface area contributed by atoms with Crippen LogP contribution in [-0.2, 0) is 26.0 Å². The van der Waals surface area contributed by atoms with Crippen LogP contribution in [0, 0.1) is 5.92 Å². The fourth-order valence-electron chi connectivity index (χ4n) is 1.98. The summed E-state index contributed by atoms with van der Waals surface area (Å²) in [6, 6.07) is 6.21. The van der Waals surface area contributed by atoms with Crippen molar-refractivity contribution in [1.82, 2.24) is 0 Å². The van der Waals surface area contributed by atoms with Crippen LogP contribution >= 0.6 is 0 Å². The van der Waals surface area contributed by atoms with Crippen molar-refractivity contribution in [2.45, 2.75) is 44.4 Å². The van der Waals surface area contributed by atoms with E-state index < -0.39 is 10.0 Å². The second kappa shape index (κ2) is 8.14. The zero-order chi connectivity index (χ0) is 15.9. The number of rotatable bonds is 8. The Morgan fingerprint density at radius 3 is 2.43 bits per heavy atom. The molecule has 0 radical (unpaired) electrons. The molecule has 0 aliphatic heterocycles. The molecule has 21 heavy (non-hydrogen) atoms. The summed E-state index contributed by atoms with van der Waals surface area (Å²) in [4.78, 5) is 11.7. The van der Waals surface area contributed by atoms with Crippen LogP contribution in [0.1, 0.15) is 38.7 Å². The number of carbonyl (C=O) groups excluding carboxylic acids is 1. The van der Waals surface area contributed by atoms with E-state index in [0.717, 1.165) is 18.4 Å². The van der Waals surface area contributed by atoms with Crippen LogP contribution in [0.5, 0.6) is 0 Å². The maximum atomic E-state index is 11.6. The van der Waals surface area contributed by atoms with E-state index in [1.54, 1.807) is 12.1 Å². The maximum absolute atomic E-state index is 11.6. The van der Waals surface area contributed by atoms with Gasteiger partial charge in [0.2, 0.25) is 10.0 Å². The van der Waals surface area contributed by atoms with E-state index in [9.17, 15) is 13.2 Å². The van der Waals surface area contributed by atoms with Crippen LogP contribution in [0.3, 0.4) is 0 Å². The minimum Gasteiger partial charge on any atom is -0.465 e. The molecule has 0 aliphatic carbocycles. The van der Waals surface area contributed by atoms with Crippen LogP contribution in [0.25, 0.3) is 0 Å². The Balaban J connectivity index is 2.40. The van der Waals surface area contributed by atoms with Crippen molar-refractivity contribution in [1.29, 1.82) is 0 Å². The molecule has 0 heterocycles. The standard InChI is InChI=1S/C15H23NO4S/c1-3-4-12(2)11-20-15(17)10-7-13-5-8-14(9-6-13)21(16,18)19/h5-6,8-9,12H,3-4,7,10-11H2,1-2H3,(H2,16,18,19). The van der Waals surface area contributed by atoms with Crippen LogP contribution in [0.15, 0.2) is 29.2 Å². The Morgan fingerprint density at radius 2 is 1.90 bits per heavy atom. The number of ether oxygens (including phenoxy) is 1. The molecule has 0 amide bonds. The van der Waals surface area contributed by atoms with E-state index >= 15 is 0 Å². The predicted octanol–water partition coefficient (Wildman–Crippen LogP) is 2.25. The molecule has 0 aliphatic rings. The van der Waals surface area contributed by atoms with Gasteiger partial charge in [0.25, 0.3) is 0 Å². The minimum atomic E-state index is -3.67. The lowest BCUT2D eigenvalue weighted by molar-refractivity contribution is -0.144. The molecule has 6 heteroatoms. The summed E-state index contributed by atoms with van der Waals surface area (Å²) in [5, 5.41) is 5.02. The topological polar surface area (TPSA) is 86.5 Å². The van der Waals surface area contributed by atoms with Crippen molar-refractivity contribution in [3.63, 3.8) is 0 Å². The smallest absolute Gasteiger partial charge is 0.306 e. The lowest BCUT2D eigenvalue weighted by Crippen LogP contribution is -2.13. The van der Waals surface area contributed by atoms with Gasteiger partial charge in [-0.3, -0.25) is 4.79 Å². The summed E-state index contributed by atoms with van der Waals surface area (Å²) in [6.45, 7) is 4.61. The summed E-state index contributed by atoms with van der Waals surface area (Å²) >= 11 is 0. The van der Waals surface area contributed by atoms with Crippen LogP contribution in [0.2, 0.25) is 0 Å². The third-order valence-corrected chi connectivity index (χ3v) is 4.11. The summed E-state index contributed by atoms with van der Waals surface area (Å²) in [7, 11) is -3.67. The molecular weight excluding hydrogens is 290 g/mol. The van der Waals surface area contributed by atoms with Gasteiger partial charge in [-0.25, -0.2) is 13.6 Å². The van der Waals surface area contributed by atoms with Gasteiger partial charge < -0.3 is 4.74 Å². The van der Waals surface area contributed by atoms with Crippen LogP contribution < -0.4 is 5.14 Å². The highest BCUT2D eigenvalue weighted by molar-refractivity contribution is 7.89. The van der Waals surface area contributed by atoms with Gasteiger partial charge in [-0.15, -0.1) is 0 Å². The predicted molar refractivity (Wildman–Crippen MR) is 81.2 cm³/mol. The summed E-state index contributed by atoms with van der Waals surface area (Å²) < 4.78 is 27.4. The first-order valence-electron chi connectivity index (χ1n) is 7.10. The van der Waals surface area contributed by atoms with E-state index in [1.165, 1.54) is 12.1 Å². The van der Waals surface area contributed by atoms with Gasteiger partial charge in [0, 0.05) is 6.42 Å². The highest BCUT2D eigenvalue weighted by atomic mass is 32.2. The van der Waals surface area contributed by atoms with Crippen molar-refractivity contribution in [3.05, 3.63) is 29.8 Å². The molecule has 0 saturated carbocycles. The fraction of sp³-hybridized carbons (Fsp3) is 0.533. The average molecular weight is 313 g/mol. The van der Waals surface area contributed by atoms with E-state index in [1.807, 2.05) is 0 Å². The van der Waals surface area contributed by atoms with Crippen molar-refractivity contribution in [3.8, 4) is 0 Å². The van der Waals surface area contributed by atoms with Crippen LogP contribution in [0.4, 0.5) is 0 Å². The normalized spacial score (nSPS) is 12.9. The van der Waals surface area contributed by atoms with Gasteiger partial charge in [0.05, 0.1) is 11.5 Å². The molecule has 1 aromatic rings. The Kier molecular flexibility index (Phi) is 6.84. The Bertz CT molecular complexity index is 552. The van der Waals surface area contributed by atoms with E-state index in [0.29, 0.717) is 18.9 Å².